The van der Waals surface area contributed by atoms with Gasteiger partial charge in [0.15, 0.2) is 6.61 Å². The number of para-hydroxylation sites is 1. The Morgan fingerprint density at radius 1 is 1.14 bits per heavy atom. The molecule has 0 N–H and O–H groups in total. The van der Waals surface area contributed by atoms with Crippen LogP contribution in [-0.2, 0) is 26.7 Å². The first-order valence-electron chi connectivity index (χ1n) is 9.60. The summed E-state index contributed by atoms with van der Waals surface area (Å²) in [5.74, 6) is 0.566. The van der Waals surface area contributed by atoms with E-state index in [0.717, 1.165) is 16.8 Å². The molecule has 1 aliphatic rings. The number of hydrogen-bond acceptors (Lipinski definition) is 4. The number of carbonyl (C=O) groups is 1. The molecular weight excluding hydrogens is 388 g/mol. The largest absolute Gasteiger partial charge is 0.483 e. The van der Waals surface area contributed by atoms with Crippen molar-refractivity contribution in [1.82, 2.24) is 4.31 Å². The third kappa shape index (κ3) is 4.31. The van der Waals surface area contributed by atoms with Gasteiger partial charge in [0.05, 0.1) is 4.90 Å². The Bertz CT molecular complexity index is 1020. The van der Waals surface area contributed by atoms with Crippen LogP contribution in [0.4, 0.5) is 5.69 Å². The van der Waals surface area contributed by atoms with Gasteiger partial charge in [-0.05, 0) is 47.2 Å². The summed E-state index contributed by atoms with van der Waals surface area (Å²) in [5.41, 5.74) is 2.57. The highest BCUT2D eigenvalue weighted by atomic mass is 32.2. The van der Waals surface area contributed by atoms with Crippen molar-refractivity contribution in [2.24, 2.45) is 0 Å². The highest BCUT2D eigenvalue weighted by Crippen LogP contribution is 2.33. The molecule has 3 rings (SSSR count). The Kier molecular flexibility index (Phi) is 5.74. The Balaban J connectivity index is 1.76. The van der Waals surface area contributed by atoms with Gasteiger partial charge in [0.25, 0.3) is 5.91 Å². The van der Waals surface area contributed by atoms with E-state index in [1.165, 1.54) is 18.4 Å². The van der Waals surface area contributed by atoms with Crippen LogP contribution >= 0.6 is 0 Å². The summed E-state index contributed by atoms with van der Waals surface area (Å²) in [6, 6.07) is 12.7. The number of nitrogens with zero attached hydrogens (tertiary/aromatic N) is 2. The van der Waals surface area contributed by atoms with Crippen molar-refractivity contribution in [2.75, 3.05) is 32.1 Å². The molecule has 0 saturated carbocycles. The summed E-state index contributed by atoms with van der Waals surface area (Å²) in [6.45, 7) is 6.77. The summed E-state index contributed by atoms with van der Waals surface area (Å²) in [5, 5.41) is 0. The van der Waals surface area contributed by atoms with Crippen LogP contribution in [0.25, 0.3) is 0 Å². The van der Waals surface area contributed by atoms with E-state index in [2.05, 4.69) is 20.8 Å². The zero-order valence-corrected chi connectivity index (χ0v) is 18.4. The standard InChI is InChI=1S/C22H28N2O4S/c1-22(2,3)18-8-6-7-9-20(18)28-15-21(25)24-13-12-16-14-17(10-11-19(16)24)29(26,27)23(4)5/h6-11,14H,12-13,15H2,1-5H3. The van der Waals surface area contributed by atoms with Gasteiger partial charge in [0, 0.05) is 26.3 Å². The van der Waals surface area contributed by atoms with E-state index in [0.29, 0.717) is 18.7 Å². The third-order valence-corrected chi connectivity index (χ3v) is 6.88. The van der Waals surface area contributed by atoms with Gasteiger partial charge in [0.1, 0.15) is 5.75 Å². The van der Waals surface area contributed by atoms with Crippen LogP contribution in [0.1, 0.15) is 31.9 Å². The molecule has 0 saturated heterocycles. The molecule has 1 heterocycles. The number of rotatable bonds is 5. The van der Waals surface area contributed by atoms with Crippen LogP contribution in [0.3, 0.4) is 0 Å². The van der Waals surface area contributed by atoms with Crippen LogP contribution in [0.2, 0.25) is 0 Å². The van der Waals surface area contributed by atoms with Crippen molar-refractivity contribution in [3.05, 3.63) is 53.6 Å². The van der Waals surface area contributed by atoms with Crippen LogP contribution in [0.5, 0.6) is 5.75 Å². The van der Waals surface area contributed by atoms with Gasteiger partial charge in [-0.25, -0.2) is 12.7 Å². The predicted molar refractivity (Wildman–Crippen MR) is 114 cm³/mol. The second-order valence-corrected chi connectivity index (χ2v) is 10.6. The van der Waals surface area contributed by atoms with E-state index in [-0.39, 0.29) is 22.8 Å². The molecule has 0 fully saturated rings. The number of hydrogen-bond donors (Lipinski definition) is 0. The molecular formula is C22H28N2O4S. The van der Waals surface area contributed by atoms with Crippen molar-refractivity contribution in [3.8, 4) is 5.75 Å². The quantitative estimate of drug-likeness (QED) is 0.751. The molecule has 2 aromatic rings. The number of carbonyl (C=O) groups excluding carboxylic acids is 1. The van der Waals surface area contributed by atoms with E-state index in [4.69, 9.17) is 4.74 Å². The highest BCUT2D eigenvalue weighted by molar-refractivity contribution is 7.89. The molecule has 0 radical (unpaired) electrons. The Morgan fingerprint density at radius 3 is 2.48 bits per heavy atom. The highest BCUT2D eigenvalue weighted by Gasteiger charge is 2.28. The fraction of sp³-hybridized carbons (Fsp3) is 0.409. The Hall–Kier alpha value is -2.38. The summed E-state index contributed by atoms with van der Waals surface area (Å²) in [6.07, 6.45) is 0.621. The van der Waals surface area contributed by atoms with Crippen LogP contribution in [0.15, 0.2) is 47.4 Å². The Morgan fingerprint density at radius 2 is 1.83 bits per heavy atom. The zero-order valence-electron chi connectivity index (χ0n) is 17.6. The van der Waals surface area contributed by atoms with E-state index in [9.17, 15) is 13.2 Å². The molecule has 1 amide bonds. The van der Waals surface area contributed by atoms with Crippen molar-refractivity contribution >= 4 is 21.6 Å². The van der Waals surface area contributed by atoms with Gasteiger partial charge in [-0.1, -0.05) is 39.0 Å². The molecule has 0 aromatic heterocycles. The number of sulfonamides is 1. The summed E-state index contributed by atoms with van der Waals surface area (Å²) in [7, 11) is -0.486. The van der Waals surface area contributed by atoms with E-state index >= 15 is 0 Å². The first-order valence-corrected chi connectivity index (χ1v) is 11.0. The van der Waals surface area contributed by atoms with Crippen LogP contribution < -0.4 is 9.64 Å². The van der Waals surface area contributed by atoms with Crippen molar-refractivity contribution in [3.63, 3.8) is 0 Å². The van der Waals surface area contributed by atoms with Gasteiger partial charge in [-0.2, -0.15) is 0 Å². The lowest BCUT2D eigenvalue weighted by molar-refractivity contribution is -0.120. The van der Waals surface area contributed by atoms with Gasteiger partial charge in [-0.3, -0.25) is 4.79 Å². The molecule has 0 atom stereocenters. The molecule has 29 heavy (non-hydrogen) atoms. The number of anilines is 1. The SMILES string of the molecule is CN(C)S(=O)(=O)c1ccc2c(c1)CCN2C(=O)COc1ccccc1C(C)(C)C. The minimum Gasteiger partial charge on any atom is -0.483 e. The minimum absolute atomic E-state index is 0.0652. The topological polar surface area (TPSA) is 66.9 Å². The normalized spacial score (nSPS) is 14.2. The van der Waals surface area contributed by atoms with Gasteiger partial charge in [0.2, 0.25) is 10.0 Å². The summed E-state index contributed by atoms with van der Waals surface area (Å²) < 4.78 is 31.7. The lowest BCUT2D eigenvalue weighted by atomic mass is 9.86. The monoisotopic (exact) mass is 416 g/mol. The number of amides is 1. The molecule has 0 aliphatic carbocycles. The summed E-state index contributed by atoms with van der Waals surface area (Å²) >= 11 is 0. The maximum atomic E-state index is 12.8. The molecule has 6 nitrogen and oxygen atoms in total. The average Bonchev–Trinajstić information content (AvgIpc) is 3.08. The molecule has 7 heteroatoms. The van der Waals surface area contributed by atoms with Gasteiger partial charge >= 0.3 is 0 Å². The van der Waals surface area contributed by atoms with Crippen molar-refractivity contribution < 1.29 is 17.9 Å². The van der Waals surface area contributed by atoms with Gasteiger partial charge in [-0.15, -0.1) is 0 Å². The third-order valence-electron chi connectivity index (χ3n) is 5.07. The number of fused-ring (bicyclic) bond motifs is 1. The molecule has 0 bridgehead atoms. The zero-order chi connectivity index (χ0) is 21.4. The first kappa shape index (κ1) is 21.3. The van der Waals surface area contributed by atoms with Gasteiger partial charge < -0.3 is 9.64 Å². The van der Waals surface area contributed by atoms with E-state index < -0.39 is 10.0 Å². The van der Waals surface area contributed by atoms with Crippen molar-refractivity contribution in [2.45, 2.75) is 37.5 Å². The first-order chi connectivity index (χ1) is 13.5. The maximum Gasteiger partial charge on any atom is 0.264 e. The second kappa shape index (κ2) is 7.80. The molecule has 0 spiro atoms. The minimum atomic E-state index is -3.50. The second-order valence-electron chi connectivity index (χ2n) is 8.41. The predicted octanol–water partition coefficient (Wildman–Crippen LogP) is 3.20. The maximum absolute atomic E-state index is 12.8. The average molecular weight is 417 g/mol. The van der Waals surface area contributed by atoms with E-state index in [1.807, 2.05) is 24.3 Å². The molecule has 2 aromatic carbocycles. The fourth-order valence-electron chi connectivity index (χ4n) is 3.44. The fourth-order valence-corrected chi connectivity index (χ4v) is 4.39. The van der Waals surface area contributed by atoms with Crippen molar-refractivity contribution in [1.29, 1.82) is 0 Å². The van der Waals surface area contributed by atoms with Crippen LogP contribution in [-0.4, -0.2) is 45.9 Å². The van der Waals surface area contributed by atoms with E-state index in [1.54, 1.807) is 23.1 Å². The smallest absolute Gasteiger partial charge is 0.264 e. The Labute approximate surface area is 173 Å². The molecule has 1 aliphatic heterocycles. The van der Waals surface area contributed by atoms with Crippen LogP contribution in [0, 0.1) is 0 Å². The molecule has 0 unspecified atom stereocenters. The number of ether oxygens (including phenoxy) is 1. The lowest BCUT2D eigenvalue weighted by Crippen LogP contribution is -2.33. The molecule has 156 valence electrons. The lowest BCUT2D eigenvalue weighted by Gasteiger charge is -2.23. The number of benzene rings is 2. The summed E-state index contributed by atoms with van der Waals surface area (Å²) in [4.78, 5) is 14.7.